The maximum absolute atomic E-state index is 2.50. The van der Waals surface area contributed by atoms with Crippen molar-refractivity contribution in [3.8, 4) is 0 Å². The summed E-state index contributed by atoms with van der Waals surface area (Å²) in [5.41, 5.74) is 4.67. The Morgan fingerprint density at radius 1 is 0.545 bits per heavy atom. The van der Waals surface area contributed by atoms with Crippen LogP contribution in [0.2, 0.25) is 0 Å². The molecule has 0 amide bonds. The van der Waals surface area contributed by atoms with Crippen LogP contribution < -0.4 is 0 Å². The van der Waals surface area contributed by atoms with E-state index in [0.717, 1.165) is 6.42 Å². The van der Waals surface area contributed by atoms with Gasteiger partial charge in [0.2, 0.25) is 0 Å². The third kappa shape index (κ3) is 6.50. The minimum absolute atomic E-state index is 1.11. The Labute approximate surface area is 202 Å². The minimum Gasteiger partial charge on any atom is -0.0763 e. The smallest absolute Gasteiger partial charge is 0.00792 e. The standard InChI is InChI=1S/C33H44/c1-2-3-4-5-6-7-8-9-10-11-12-13-14-15-18-28-21-23-31-30(28)25-26-32-29-20-17-16-19-27(29)22-24-33(31)32/h16-17,19-22,24-26H,2-15,18,23H2,1H3. The molecule has 3 aromatic carbocycles. The third-order valence-corrected chi connectivity index (χ3v) is 7.74. The van der Waals surface area contributed by atoms with Crippen LogP contribution in [0.4, 0.5) is 0 Å². The molecular formula is C33H44. The first-order valence-electron chi connectivity index (χ1n) is 14.0. The Morgan fingerprint density at radius 2 is 1.15 bits per heavy atom. The van der Waals surface area contributed by atoms with Gasteiger partial charge < -0.3 is 0 Å². The highest BCUT2D eigenvalue weighted by Crippen LogP contribution is 2.38. The molecule has 0 unspecified atom stereocenters. The number of allylic oxidation sites excluding steroid dienone is 2. The second-order valence-corrected chi connectivity index (χ2v) is 10.3. The predicted octanol–water partition coefficient (Wildman–Crippen LogP) is 10.8. The molecule has 0 heterocycles. The van der Waals surface area contributed by atoms with Crippen molar-refractivity contribution >= 4 is 27.1 Å². The molecule has 0 atom stereocenters. The molecule has 33 heavy (non-hydrogen) atoms. The first-order valence-corrected chi connectivity index (χ1v) is 14.0. The number of unbranched alkanes of at least 4 members (excludes halogenated alkanes) is 13. The van der Waals surface area contributed by atoms with Crippen molar-refractivity contribution in [1.82, 2.24) is 0 Å². The molecule has 0 fully saturated rings. The normalized spacial score (nSPS) is 13.1. The summed E-state index contributed by atoms with van der Waals surface area (Å²) < 4.78 is 0. The summed E-state index contributed by atoms with van der Waals surface area (Å²) in [6, 6.07) is 18.2. The lowest BCUT2D eigenvalue weighted by molar-refractivity contribution is 0.536. The zero-order valence-electron chi connectivity index (χ0n) is 21.0. The summed E-state index contributed by atoms with van der Waals surface area (Å²) in [5, 5.41) is 5.60. The summed E-state index contributed by atoms with van der Waals surface area (Å²) in [6.07, 6.45) is 24.9. The molecule has 176 valence electrons. The Balaban J connectivity index is 1.13. The van der Waals surface area contributed by atoms with Crippen molar-refractivity contribution < 1.29 is 0 Å². The van der Waals surface area contributed by atoms with Gasteiger partial charge in [0.05, 0.1) is 0 Å². The van der Waals surface area contributed by atoms with Gasteiger partial charge in [-0.3, -0.25) is 0 Å². The molecule has 0 nitrogen and oxygen atoms in total. The van der Waals surface area contributed by atoms with Crippen LogP contribution in [0.1, 0.15) is 114 Å². The summed E-state index contributed by atoms with van der Waals surface area (Å²) in [5.74, 6) is 0. The minimum atomic E-state index is 1.11. The van der Waals surface area contributed by atoms with E-state index in [-0.39, 0.29) is 0 Å². The maximum Gasteiger partial charge on any atom is -0.00792 e. The molecule has 0 radical (unpaired) electrons. The molecular weight excluding hydrogens is 396 g/mol. The van der Waals surface area contributed by atoms with Gasteiger partial charge in [-0.2, -0.15) is 0 Å². The average molecular weight is 441 g/mol. The maximum atomic E-state index is 2.50. The number of benzene rings is 3. The molecule has 4 rings (SSSR count). The van der Waals surface area contributed by atoms with Crippen molar-refractivity contribution in [1.29, 1.82) is 0 Å². The van der Waals surface area contributed by atoms with E-state index < -0.39 is 0 Å². The van der Waals surface area contributed by atoms with E-state index in [0.29, 0.717) is 0 Å². The van der Waals surface area contributed by atoms with E-state index in [4.69, 9.17) is 0 Å². The molecule has 0 aliphatic heterocycles. The van der Waals surface area contributed by atoms with Gasteiger partial charge in [0, 0.05) is 0 Å². The Kier molecular flexibility index (Phi) is 9.46. The van der Waals surface area contributed by atoms with E-state index in [1.807, 2.05) is 0 Å². The molecule has 3 aromatic rings. The fraction of sp³-hybridized carbons (Fsp3) is 0.515. The van der Waals surface area contributed by atoms with Gasteiger partial charge in [0.1, 0.15) is 0 Å². The summed E-state index contributed by atoms with van der Waals surface area (Å²) in [6.45, 7) is 2.30. The molecule has 0 spiro atoms. The zero-order valence-corrected chi connectivity index (χ0v) is 21.0. The lowest BCUT2D eigenvalue weighted by Crippen LogP contribution is -1.89. The van der Waals surface area contributed by atoms with E-state index in [9.17, 15) is 0 Å². The van der Waals surface area contributed by atoms with Crippen LogP contribution >= 0.6 is 0 Å². The highest BCUT2D eigenvalue weighted by atomic mass is 14.2. The van der Waals surface area contributed by atoms with Crippen LogP contribution in [0.15, 0.2) is 54.6 Å². The van der Waals surface area contributed by atoms with Gasteiger partial charge in [-0.15, -0.1) is 0 Å². The van der Waals surface area contributed by atoms with Gasteiger partial charge in [-0.1, -0.05) is 145 Å². The number of fused-ring (bicyclic) bond motifs is 5. The van der Waals surface area contributed by atoms with Crippen LogP contribution in [0.25, 0.3) is 27.1 Å². The number of hydrogen-bond donors (Lipinski definition) is 0. The van der Waals surface area contributed by atoms with Gasteiger partial charge in [-0.05, 0) is 57.5 Å². The van der Waals surface area contributed by atoms with E-state index >= 15 is 0 Å². The van der Waals surface area contributed by atoms with Crippen molar-refractivity contribution in [2.24, 2.45) is 0 Å². The van der Waals surface area contributed by atoms with Crippen LogP contribution in [-0.2, 0) is 6.42 Å². The molecule has 0 saturated heterocycles. The predicted molar refractivity (Wildman–Crippen MR) is 148 cm³/mol. The Hall–Kier alpha value is -2.08. The summed E-state index contributed by atoms with van der Waals surface area (Å²) in [4.78, 5) is 0. The van der Waals surface area contributed by atoms with Crippen molar-refractivity contribution in [3.63, 3.8) is 0 Å². The zero-order chi connectivity index (χ0) is 22.7. The fourth-order valence-corrected chi connectivity index (χ4v) is 5.75. The van der Waals surface area contributed by atoms with Gasteiger partial charge in [0.15, 0.2) is 0 Å². The highest BCUT2D eigenvalue weighted by molar-refractivity contribution is 6.09. The van der Waals surface area contributed by atoms with E-state index in [1.54, 1.807) is 11.1 Å². The highest BCUT2D eigenvalue weighted by Gasteiger charge is 2.17. The topological polar surface area (TPSA) is 0 Å². The molecule has 0 aromatic heterocycles. The summed E-state index contributed by atoms with van der Waals surface area (Å²) in [7, 11) is 0. The van der Waals surface area contributed by atoms with Gasteiger partial charge in [0.25, 0.3) is 0 Å². The largest absolute Gasteiger partial charge is 0.0763 e. The van der Waals surface area contributed by atoms with Crippen LogP contribution in [0.5, 0.6) is 0 Å². The Morgan fingerprint density at radius 3 is 1.85 bits per heavy atom. The lowest BCUT2D eigenvalue weighted by Gasteiger charge is -2.11. The molecule has 0 saturated carbocycles. The summed E-state index contributed by atoms with van der Waals surface area (Å²) >= 11 is 0. The van der Waals surface area contributed by atoms with Crippen LogP contribution in [0.3, 0.4) is 0 Å². The second kappa shape index (κ2) is 13.0. The van der Waals surface area contributed by atoms with Crippen molar-refractivity contribution in [3.05, 3.63) is 65.7 Å². The fourth-order valence-electron chi connectivity index (χ4n) is 5.75. The molecule has 0 heteroatoms. The van der Waals surface area contributed by atoms with Gasteiger partial charge >= 0.3 is 0 Å². The second-order valence-electron chi connectivity index (χ2n) is 10.3. The number of rotatable bonds is 15. The molecule has 0 N–H and O–H groups in total. The molecule has 0 bridgehead atoms. The van der Waals surface area contributed by atoms with Crippen molar-refractivity contribution in [2.45, 2.75) is 110 Å². The SMILES string of the molecule is CCCCCCCCCCCCCCCCC1=CCc2c1ccc1c2ccc2ccccc21. The Bertz CT molecular complexity index is 1040. The van der Waals surface area contributed by atoms with Gasteiger partial charge in [-0.25, -0.2) is 0 Å². The molecule has 1 aliphatic rings. The van der Waals surface area contributed by atoms with Crippen LogP contribution in [0, 0.1) is 0 Å². The monoisotopic (exact) mass is 440 g/mol. The van der Waals surface area contributed by atoms with E-state index in [2.05, 4.69) is 61.5 Å². The number of hydrogen-bond acceptors (Lipinski definition) is 0. The quantitative estimate of drug-likeness (QED) is 0.163. The lowest BCUT2D eigenvalue weighted by atomic mass is 9.93. The first kappa shape index (κ1) is 24.1. The average Bonchev–Trinajstić information content (AvgIpc) is 3.27. The third-order valence-electron chi connectivity index (χ3n) is 7.74. The van der Waals surface area contributed by atoms with Crippen LogP contribution in [-0.4, -0.2) is 0 Å². The van der Waals surface area contributed by atoms with E-state index in [1.165, 1.54) is 123 Å². The first-order chi connectivity index (χ1) is 16.4. The van der Waals surface area contributed by atoms with Crippen molar-refractivity contribution in [2.75, 3.05) is 0 Å². The molecule has 1 aliphatic carbocycles.